The zero-order valence-corrected chi connectivity index (χ0v) is 16.7. The summed E-state index contributed by atoms with van der Waals surface area (Å²) in [5.41, 5.74) is 5.23. The Balaban J connectivity index is 1.34. The van der Waals surface area contributed by atoms with E-state index in [0.29, 0.717) is 16.8 Å². The second-order valence-electron chi connectivity index (χ2n) is 6.91. The first-order valence-corrected chi connectivity index (χ1v) is 10.4. The molecule has 0 unspecified atom stereocenters. The van der Waals surface area contributed by atoms with Gasteiger partial charge in [-0.25, -0.2) is 24.1 Å². The second kappa shape index (κ2) is 6.67. The van der Waals surface area contributed by atoms with Gasteiger partial charge in [-0.15, -0.1) is 5.10 Å². The monoisotopic (exact) mass is 413 g/mol. The van der Waals surface area contributed by atoms with Crippen molar-refractivity contribution in [3.05, 3.63) is 72.4 Å². The van der Waals surface area contributed by atoms with E-state index >= 15 is 0 Å². The molecule has 8 nitrogen and oxygen atoms in total. The largest absolute Gasteiger partial charge is 0.431 e. The molecule has 0 radical (unpaired) electrons. The molecule has 0 N–H and O–H groups in total. The summed E-state index contributed by atoms with van der Waals surface area (Å²) in [6.45, 7) is 2.06. The lowest BCUT2D eigenvalue weighted by Gasteiger charge is -2.03. The molecule has 6 aromatic rings. The lowest BCUT2D eigenvalue weighted by molar-refractivity contribution is 0.489. The van der Waals surface area contributed by atoms with Gasteiger partial charge in [0.15, 0.2) is 22.7 Å². The van der Waals surface area contributed by atoms with Gasteiger partial charge in [-0.1, -0.05) is 36.0 Å². The van der Waals surface area contributed by atoms with E-state index in [4.69, 9.17) is 9.40 Å². The van der Waals surface area contributed by atoms with Gasteiger partial charge in [0, 0.05) is 0 Å². The van der Waals surface area contributed by atoms with Crippen LogP contribution in [0.3, 0.4) is 0 Å². The van der Waals surface area contributed by atoms with Crippen LogP contribution in [0.15, 0.2) is 70.7 Å². The SMILES string of the molecule is Cc1cccc(-n2ncc3c2ncn2nc(CSc4nc5ccccc5o4)nc32)c1. The molecule has 0 aliphatic heterocycles. The second-order valence-corrected chi connectivity index (χ2v) is 7.84. The van der Waals surface area contributed by atoms with E-state index in [1.54, 1.807) is 17.0 Å². The van der Waals surface area contributed by atoms with Crippen LogP contribution in [0.5, 0.6) is 0 Å². The topological polar surface area (TPSA) is 86.9 Å². The molecule has 146 valence electrons. The molecule has 0 bridgehead atoms. The van der Waals surface area contributed by atoms with E-state index in [9.17, 15) is 0 Å². The van der Waals surface area contributed by atoms with Crippen LogP contribution in [-0.4, -0.2) is 34.3 Å². The normalized spacial score (nSPS) is 11.8. The highest BCUT2D eigenvalue weighted by Gasteiger charge is 2.15. The molecule has 0 amide bonds. The smallest absolute Gasteiger partial charge is 0.257 e. The molecule has 30 heavy (non-hydrogen) atoms. The molecule has 0 saturated heterocycles. The highest BCUT2D eigenvalue weighted by atomic mass is 32.2. The van der Waals surface area contributed by atoms with Crippen molar-refractivity contribution >= 4 is 39.5 Å². The Morgan fingerprint density at radius 2 is 1.97 bits per heavy atom. The summed E-state index contributed by atoms with van der Waals surface area (Å²) in [5.74, 6) is 1.22. The average molecular weight is 413 g/mol. The molecular formula is C21H15N7OS. The zero-order chi connectivity index (χ0) is 20.1. The molecule has 4 heterocycles. The number of hydrogen-bond donors (Lipinski definition) is 0. The molecule has 0 saturated carbocycles. The maximum atomic E-state index is 5.76. The quantitative estimate of drug-likeness (QED) is 0.400. The maximum Gasteiger partial charge on any atom is 0.257 e. The van der Waals surface area contributed by atoms with Crippen LogP contribution in [0.4, 0.5) is 0 Å². The summed E-state index contributed by atoms with van der Waals surface area (Å²) in [6.07, 6.45) is 3.46. The Labute approximate surface area is 174 Å². The van der Waals surface area contributed by atoms with E-state index in [1.807, 2.05) is 41.1 Å². The van der Waals surface area contributed by atoms with Crippen LogP contribution in [0, 0.1) is 6.92 Å². The van der Waals surface area contributed by atoms with Gasteiger partial charge < -0.3 is 4.42 Å². The van der Waals surface area contributed by atoms with Crippen LogP contribution in [0.2, 0.25) is 0 Å². The number of hydrogen-bond acceptors (Lipinski definition) is 7. The third-order valence-electron chi connectivity index (χ3n) is 4.79. The predicted octanol–water partition coefficient (Wildman–Crippen LogP) is 4.21. The van der Waals surface area contributed by atoms with Gasteiger partial charge in [-0.3, -0.25) is 0 Å². The number of fused-ring (bicyclic) bond motifs is 4. The van der Waals surface area contributed by atoms with Crippen molar-refractivity contribution in [3.63, 3.8) is 0 Å². The van der Waals surface area contributed by atoms with Crippen molar-refractivity contribution in [1.29, 1.82) is 0 Å². The van der Waals surface area contributed by atoms with E-state index in [2.05, 4.69) is 39.2 Å². The summed E-state index contributed by atoms with van der Waals surface area (Å²) < 4.78 is 9.27. The van der Waals surface area contributed by atoms with Gasteiger partial charge in [0.2, 0.25) is 0 Å². The molecule has 0 aliphatic carbocycles. The Kier molecular flexibility index (Phi) is 3.81. The summed E-state index contributed by atoms with van der Waals surface area (Å²) in [7, 11) is 0. The molecule has 0 spiro atoms. The van der Waals surface area contributed by atoms with Gasteiger partial charge in [0.25, 0.3) is 5.22 Å². The van der Waals surface area contributed by atoms with E-state index < -0.39 is 0 Å². The number of aromatic nitrogens is 7. The lowest BCUT2D eigenvalue weighted by Crippen LogP contribution is -1.99. The number of para-hydroxylation sites is 2. The highest BCUT2D eigenvalue weighted by molar-refractivity contribution is 7.98. The van der Waals surface area contributed by atoms with Gasteiger partial charge in [-0.2, -0.15) is 5.10 Å². The van der Waals surface area contributed by atoms with Crippen LogP contribution >= 0.6 is 11.8 Å². The first-order valence-electron chi connectivity index (χ1n) is 9.38. The molecule has 0 aliphatic rings. The molecule has 4 aromatic heterocycles. The minimum atomic E-state index is 0.544. The maximum absolute atomic E-state index is 5.76. The fourth-order valence-corrected chi connectivity index (χ4v) is 4.10. The van der Waals surface area contributed by atoms with Crippen LogP contribution < -0.4 is 0 Å². The van der Waals surface area contributed by atoms with Gasteiger partial charge in [0.1, 0.15) is 11.8 Å². The first kappa shape index (κ1) is 17.2. The standard InChI is InChI=1S/C21H15N7OS/c1-13-5-4-6-14(9-13)28-19-15(10-23-28)20-25-18(26-27(20)12-22-19)11-30-21-24-16-7-2-3-8-17(16)29-21/h2-10,12H,11H2,1H3. The van der Waals surface area contributed by atoms with Gasteiger partial charge >= 0.3 is 0 Å². The lowest BCUT2D eigenvalue weighted by atomic mass is 10.2. The Morgan fingerprint density at radius 3 is 2.87 bits per heavy atom. The molecular weight excluding hydrogens is 398 g/mol. The number of oxazole rings is 1. The van der Waals surface area contributed by atoms with E-state index in [0.717, 1.165) is 33.5 Å². The summed E-state index contributed by atoms with van der Waals surface area (Å²) in [4.78, 5) is 13.7. The number of rotatable bonds is 4. The molecule has 6 rings (SSSR count). The summed E-state index contributed by atoms with van der Waals surface area (Å²) >= 11 is 1.47. The fraction of sp³-hybridized carbons (Fsp3) is 0.0952. The third-order valence-corrected chi connectivity index (χ3v) is 5.62. The highest BCUT2D eigenvalue weighted by Crippen LogP contribution is 2.26. The number of nitrogens with zero attached hydrogens (tertiary/aromatic N) is 7. The zero-order valence-electron chi connectivity index (χ0n) is 15.9. The first-order chi connectivity index (χ1) is 14.7. The van der Waals surface area contributed by atoms with Crippen molar-refractivity contribution in [3.8, 4) is 5.69 Å². The molecule has 2 aromatic carbocycles. The van der Waals surface area contributed by atoms with Crippen LogP contribution in [0.25, 0.3) is 33.5 Å². The molecule has 0 fully saturated rings. The van der Waals surface area contributed by atoms with Gasteiger partial charge in [-0.05, 0) is 36.8 Å². The summed E-state index contributed by atoms with van der Waals surface area (Å²) in [6, 6.07) is 15.9. The van der Waals surface area contributed by atoms with Crippen LogP contribution in [0.1, 0.15) is 11.4 Å². The third kappa shape index (κ3) is 2.82. The Hall–Kier alpha value is -3.72. The minimum absolute atomic E-state index is 0.544. The minimum Gasteiger partial charge on any atom is -0.431 e. The van der Waals surface area contributed by atoms with Crippen LogP contribution in [-0.2, 0) is 5.75 Å². The van der Waals surface area contributed by atoms with Gasteiger partial charge in [0.05, 0.1) is 23.0 Å². The van der Waals surface area contributed by atoms with E-state index in [-0.39, 0.29) is 0 Å². The predicted molar refractivity (Wildman–Crippen MR) is 114 cm³/mol. The number of thioether (sulfide) groups is 1. The Morgan fingerprint density at radius 1 is 1.03 bits per heavy atom. The van der Waals surface area contributed by atoms with E-state index in [1.165, 1.54) is 17.3 Å². The molecule has 0 atom stereocenters. The number of benzene rings is 2. The Bertz CT molecular complexity index is 1500. The number of aryl methyl sites for hydroxylation is 1. The average Bonchev–Trinajstić information content (AvgIpc) is 3.46. The molecule has 9 heteroatoms. The van der Waals surface area contributed by atoms with Crippen molar-refractivity contribution < 1.29 is 4.42 Å². The summed E-state index contributed by atoms with van der Waals surface area (Å²) in [5, 5.41) is 10.5. The van der Waals surface area contributed by atoms with Crippen molar-refractivity contribution in [2.45, 2.75) is 17.9 Å². The fourth-order valence-electron chi connectivity index (χ4n) is 3.41. The van der Waals surface area contributed by atoms with Crippen molar-refractivity contribution in [2.75, 3.05) is 0 Å². The van der Waals surface area contributed by atoms with Crippen molar-refractivity contribution in [2.24, 2.45) is 0 Å². The van der Waals surface area contributed by atoms with Crippen molar-refractivity contribution in [1.82, 2.24) is 34.3 Å².